The van der Waals surface area contributed by atoms with Crippen molar-refractivity contribution in [2.45, 2.75) is 26.2 Å². The first-order valence-corrected chi connectivity index (χ1v) is 7.25. The van der Waals surface area contributed by atoms with Gasteiger partial charge in [-0.05, 0) is 19.8 Å². The Labute approximate surface area is 114 Å². The number of hydrogen-bond acceptors (Lipinski definition) is 4. The van der Waals surface area contributed by atoms with Crippen LogP contribution in [0.2, 0.25) is 0 Å². The van der Waals surface area contributed by atoms with E-state index in [1.54, 1.807) is 6.92 Å². The third kappa shape index (κ3) is 4.28. The van der Waals surface area contributed by atoms with Gasteiger partial charge < -0.3 is 9.64 Å². The summed E-state index contributed by atoms with van der Waals surface area (Å²) in [5.74, 6) is 0.664. The monoisotopic (exact) mass is 268 g/mol. The fourth-order valence-corrected chi connectivity index (χ4v) is 2.77. The Balaban J connectivity index is 1.67. The minimum Gasteiger partial charge on any atom is -0.379 e. The molecule has 0 aromatic heterocycles. The van der Waals surface area contributed by atoms with E-state index in [0.29, 0.717) is 6.42 Å². The number of amides is 1. The average Bonchev–Trinajstić information content (AvgIpc) is 2.46. The molecule has 5 nitrogen and oxygen atoms in total. The van der Waals surface area contributed by atoms with Crippen molar-refractivity contribution in [2.24, 2.45) is 5.92 Å². The maximum Gasteiger partial charge on any atom is 0.223 e. The molecule has 0 aromatic rings. The average molecular weight is 268 g/mol. The van der Waals surface area contributed by atoms with E-state index in [2.05, 4.69) is 4.90 Å². The summed E-state index contributed by atoms with van der Waals surface area (Å²) in [6, 6.07) is 0. The molecule has 2 heterocycles. The number of rotatable bonds is 4. The number of hydrogen-bond donors (Lipinski definition) is 0. The minimum absolute atomic E-state index is 0.170. The highest BCUT2D eigenvalue weighted by atomic mass is 16.5. The number of carbonyl (C=O) groups is 2. The van der Waals surface area contributed by atoms with Gasteiger partial charge in [0.05, 0.1) is 13.2 Å². The van der Waals surface area contributed by atoms with Crippen LogP contribution < -0.4 is 0 Å². The molecule has 0 radical (unpaired) electrons. The molecule has 0 unspecified atom stereocenters. The Morgan fingerprint density at radius 2 is 1.74 bits per heavy atom. The molecule has 0 bridgehead atoms. The van der Waals surface area contributed by atoms with Crippen LogP contribution in [0.4, 0.5) is 0 Å². The van der Waals surface area contributed by atoms with Crippen LogP contribution in [0.25, 0.3) is 0 Å². The Hall–Kier alpha value is -0.940. The highest BCUT2D eigenvalue weighted by molar-refractivity contribution is 5.79. The molecule has 0 aromatic carbocycles. The smallest absolute Gasteiger partial charge is 0.223 e. The summed E-state index contributed by atoms with van der Waals surface area (Å²) in [6.07, 6.45) is 2.25. The Morgan fingerprint density at radius 1 is 1.11 bits per heavy atom. The van der Waals surface area contributed by atoms with Crippen LogP contribution in [-0.2, 0) is 14.3 Å². The number of piperidine rings is 1. The quantitative estimate of drug-likeness (QED) is 0.746. The predicted octanol–water partition coefficient (Wildman–Crippen LogP) is 0.536. The predicted molar refractivity (Wildman–Crippen MR) is 71.9 cm³/mol. The Bertz CT molecular complexity index is 319. The molecule has 0 saturated carbocycles. The van der Waals surface area contributed by atoms with Gasteiger partial charge in [0, 0.05) is 45.1 Å². The fraction of sp³-hybridized carbons (Fsp3) is 0.857. The molecule has 2 aliphatic rings. The molecule has 5 heteroatoms. The molecular weight excluding hydrogens is 244 g/mol. The minimum atomic E-state index is 0.170. The number of ketones is 1. The molecule has 1 amide bonds. The van der Waals surface area contributed by atoms with Crippen molar-refractivity contribution in [3.05, 3.63) is 0 Å². The van der Waals surface area contributed by atoms with Crippen molar-refractivity contribution in [3.63, 3.8) is 0 Å². The van der Waals surface area contributed by atoms with Crippen LogP contribution in [0.15, 0.2) is 0 Å². The van der Waals surface area contributed by atoms with E-state index >= 15 is 0 Å². The lowest BCUT2D eigenvalue weighted by atomic mass is 9.93. The molecule has 0 aliphatic carbocycles. The third-order valence-corrected chi connectivity index (χ3v) is 4.17. The summed E-state index contributed by atoms with van der Waals surface area (Å²) in [6.45, 7) is 7.38. The van der Waals surface area contributed by atoms with E-state index in [0.717, 1.165) is 58.8 Å². The van der Waals surface area contributed by atoms with Crippen LogP contribution in [-0.4, -0.2) is 67.4 Å². The van der Waals surface area contributed by atoms with Gasteiger partial charge in [-0.25, -0.2) is 0 Å². The number of morpholine rings is 1. The van der Waals surface area contributed by atoms with E-state index < -0.39 is 0 Å². The molecule has 0 atom stereocenters. The summed E-state index contributed by atoms with van der Waals surface area (Å²) in [7, 11) is 0. The number of ether oxygens (including phenoxy) is 1. The van der Waals surface area contributed by atoms with Crippen molar-refractivity contribution < 1.29 is 14.3 Å². The van der Waals surface area contributed by atoms with Crippen LogP contribution >= 0.6 is 0 Å². The molecule has 2 saturated heterocycles. The van der Waals surface area contributed by atoms with E-state index in [1.165, 1.54) is 0 Å². The molecule has 108 valence electrons. The number of carbonyl (C=O) groups excluding carboxylic acids is 2. The first-order chi connectivity index (χ1) is 9.16. The summed E-state index contributed by atoms with van der Waals surface area (Å²) in [4.78, 5) is 27.6. The number of nitrogens with zero attached hydrogens (tertiary/aromatic N) is 2. The summed E-state index contributed by atoms with van der Waals surface area (Å²) in [5.41, 5.74) is 0. The SMILES string of the molecule is CC(=O)C1CCN(C(=O)CCN2CCOCC2)CC1. The summed E-state index contributed by atoms with van der Waals surface area (Å²) < 4.78 is 5.29. The van der Waals surface area contributed by atoms with Crippen LogP contribution in [0.5, 0.6) is 0 Å². The standard InChI is InChI=1S/C14H24N2O3/c1-12(17)13-2-6-16(7-3-13)14(18)4-5-15-8-10-19-11-9-15/h13H,2-11H2,1H3. The molecule has 0 N–H and O–H groups in total. The maximum absolute atomic E-state index is 12.1. The molecule has 2 fully saturated rings. The normalized spacial score (nSPS) is 22.5. The summed E-state index contributed by atoms with van der Waals surface area (Å²) >= 11 is 0. The van der Waals surface area contributed by atoms with Crippen LogP contribution in [0.3, 0.4) is 0 Å². The highest BCUT2D eigenvalue weighted by Gasteiger charge is 2.25. The van der Waals surface area contributed by atoms with Crippen molar-refractivity contribution in [1.29, 1.82) is 0 Å². The van der Waals surface area contributed by atoms with Gasteiger partial charge in [0.2, 0.25) is 5.91 Å². The third-order valence-electron chi connectivity index (χ3n) is 4.17. The molecule has 19 heavy (non-hydrogen) atoms. The summed E-state index contributed by atoms with van der Waals surface area (Å²) in [5, 5.41) is 0. The fourth-order valence-electron chi connectivity index (χ4n) is 2.77. The maximum atomic E-state index is 12.1. The second-order valence-electron chi connectivity index (χ2n) is 5.47. The lowest BCUT2D eigenvalue weighted by molar-refractivity contribution is -0.135. The molecule has 0 spiro atoms. The van der Waals surface area contributed by atoms with Crippen LogP contribution in [0, 0.1) is 5.92 Å². The van der Waals surface area contributed by atoms with Crippen molar-refractivity contribution >= 4 is 11.7 Å². The van der Waals surface area contributed by atoms with Crippen LogP contribution in [0.1, 0.15) is 26.2 Å². The zero-order valence-electron chi connectivity index (χ0n) is 11.8. The Morgan fingerprint density at radius 3 is 2.32 bits per heavy atom. The van der Waals surface area contributed by atoms with Gasteiger partial charge in [-0.3, -0.25) is 14.5 Å². The molecule has 2 aliphatic heterocycles. The first-order valence-electron chi connectivity index (χ1n) is 7.25. The van der Waals surface area contributed by atoms with Crippen molar-refractivity contribution in [2.75, 3.05) is 45.9 Å². The van der Waals surface area contributed by atoms with Gasteiger partial charge in [-0.1, -0.05) is 0 Å². The second-order valence-corrected chi connectivity index (χ2v) is 5.47. The van der Waals surface area contributed by atoms with E-state index in [-0.39, 0.29) is 17.6 Å². The lowest BCUT2D eigenvalue weighted by Gasteiger charge is -2.32. The van der Waals surface area contributed by atoms with Crippen molar-refractivity contribution in [3.8, 4) is 0 Å². The zero-order valence-corrected chi connectivity index (χ0v) is 11.8. The van der Waals surface area contributed by atoms with Gasteiger partial charge in [0.1, 0.15) is 5.78 Å². The Kier molecular flexibility index (Phi) is 5.34. The van der Waals surface area contributed by atoms with Crippen molar-refractivity contribution in [1.82, 2.24) is 9.80 Å². The highest BCUT2D eigenvalue weighted by Crippen LogP contribution is 2.18. The number of likely N-dealkylation sites (tertiary alicyclic amines) is 1. The number of Topliss-reactive ketones (excluding diaryl/α,β-unsaturated/α-hetero) is 1. The second kappa shape index (κ2) is 7.01. The topological polar surface area (TPSA) is 49.9 Å². The van der Waals surface area contributed by atoms with Gasteiger partial charge in [0.15, 0.2) is 0 Å². The first kappa shape index (κ1) is 14.5. The van der Waals surface area contributed by atoms with E-state index in [9.17, 15) is 9.59 Å². The molecule has 2 rings (SSSR count). The van der Waals surface area contributed by atoms with Gasteiger partial charge in [-0.2, -0.15) is 0 Å². The van der Waals surface area contributed by atoms with Gasteiger partial charge in [-0.15, -0.1) is 0 Å². The van der Waals surface area contributed by atoms with Gasteiger partial charge >= 0.3 is 0 Å². The zero-order chi connectivity index (χ0) is 13.7. The van der Waals surface area contributed by atoms with Gasteiger partial charge in [0.25, 0.3) is 0 Å². The van der Waals surface area contributed by atoms with E-state index in [4.69, 9.17) is 4.74 Å². The largest absolute Gasteiger partial charge is 0.379 e. The van der Waals surface area contributed by atoms with E-state index in [1.807, 2.05) is 4.90 Å². The molecular formula is C14H24N2O3. The lowest BCUT2D eigenvalue weighted by Crippen LogP contribution is -2.42.